The fraction of sp³-hybridized carbons (Fsp3) is 0.455. The topological polar surface area (TPSA) is 104 Å². The fourth-order valence-corrected chi connectivity index (χ4v) is 3.47. The highest BCUT2D eigenvalue weighted by Crippen LogP contribution is 2.28. The van der Waals surface area contributed by atoms with E-state index in [1.54, 1.807) is 7.05 Å². The normalized spacial score (nSPS) is 12.4. The van der Waals surface area contributed by atoms with Crippen molar-refractivity contribution in [3.63, 3.8) is 0 Å². The second-order valence-corrected chi connectivity index (χ2v) is 8.42. The highest BCUT2D eigenvalue weighted by molar-refractivity contribution is 6.05. The summed E-state index contributed by atoms with van der Waals surface area (Å²) >= 11 is 0. The number of ether oxygens (including phenoxy) is 1. The predicted octanol–water partition coefficient (Wildman–Crippen LogP) is 3.89. The van der Waals surface area contributed by atoms with Gasteiger partial charge in [-0.05, 0) is 25.3 Å². The summed E-state index contributed by atoms with van der Waals surface area (Å²) in [5.41, 5.74) is -0.643. The lowest BCUT2D eigenvalue weighted by atomic mass is 10.1. The smallest absolute Gasteiger partial charge is 0.350 e. The summed E-state index contributed by atoms with van der Waals surface area (Å²) in [6, 6.07) is 2.33. The maximum absolute atomic E-state index is 15.1. The molecule has 3 rings (SSSR count). The van der Waals surface area contributed by atoms with Gasteiger partial charge in [0.05, 0.1) is 17.9 Å². The van der Waals surface area contributed by atoms with Crippen molar-refractivity contribution >= 4 is 11.9 Å². The third-order valence-electron chi connectivity index (χ3n) is 4.84. The van der Waals surface area contributed by atoms with Gasteiger partial charge in [0, 0.05) is 19.0 Å². The molecule has 0 saturated carbocycles. The van der Waals surface area contributed by atoms with Gasteiger partial charge in [-0.3, -0.25) is 14.7 Å². The van der Waals surface area contributed by atoms with E-state index in [0.717, 1.165) is 10.7 Å². The van der Waals surface area contributed by atoms with Crippen LogP contribution in [0.15, 0.2) is 33.8 Å². The van der Waals surface area contributed by atoms with E-state index in [-0.39, 0.29) is 35.0 Å². The minimum atomic E-state index is -0.790. The van der Waals surface area contributed by atoms with Gasteiger partial charge < -0.3 is 9.15 Å². The Morgan fingerprint density at radius 2 is 1.97 bits per heavy atom. The second-order valence-electron chi connectivity index (χ2n) is 8.42. The molecule has 0 unspecified atom stereocenters. The third-order valence-corrected chi connectivity index (χ3v) is 4.84. The largest absolute Gasteiger partial charge is 0.490 e. The molecule has 2 heterocycles. The van der Waals surface area contributed by atoms with Crippen LogP contribution in [0, 0.1) is 11.7 Å². The van der Waals surface area contributed by atoms with Gasteiger partial charge in [0.1, 0.15) is 29.3 Å². The van der Waals surface area contributed by atoms with Crippen molar-refractivity contribution in [3.8, 4) is 11.4 Å². The maximum atomic E-state index is 15.1. The van der Waals surface area contributed by atoms with E-state index in [1.165, 1.54) is 23.1 Å². The number of carbonyl (C=O) groups is 1. The lowest BCUT2D eigenvalue weighted by molar-refractivity contribution is 0.101. The van der Waals surface area contributed by atoms with E-state index < -0.39 is 17.4 Å². The van der Waals surface area contributed by atoms with Gasteiger partial charge in [-0.2, -0.15) is 4.68 Å². The van der Waals surface area contributed by atoms with Crippen LogP contribution in [0.2, 0.25) is 0 Å². The number of aromatic nitrogens is 4. The Balaban J connectivity index is 2.09. The lowest BCUT2D eigenvalue weighted by Crippen LogP contribution is -2.24. The van der Waals surface area contributed by atoms with Gasteiger partial charge in [-0.15, -0.1) is 5.10 Å². The second kappa shape index (κ2) is 9.37. The van der Waals surface area contributed by atoms with E-state index >= 15 is 4.39 Å². The van der Waals surface area contributed by atoms with Crippen LogP contribution in [0.3, 0.4) is 0 Å². The van der Waals surface area contributed by atoms with Crippen LogP contribution >= 0.6 is 0 Å². The van der Waals surface area contributed by atoms with E-state index in [2.05, 4.69) is 15.4 Å². The zero-order valence-corrected chi connectivity index (χ0v) is 19.0. The number of anilines is 1. The van der Waals surface area contributed by atoms with Gasteiger partial charge in [0.2, 0.25) is 0 Å². The molecule has 9 nitrogen and oxygen atoms in total. The number of benzene rings is 1. The van der Waals surface area contributed by atoms with Gasteiger partial charge in [-0.25, -0.2) is 14.2 Å². The van der Waals surface area contributed by atoms with E-state index in [9.17, 15) is 9.59 Å². The number of amides is 1. The van der Waals surface area contributed by atoms with Crippen molar-refractivity contribution in [2.45, 2.75) is 53.1 Å². The summed E-state index contributed by atoms with van der Waals surface area (Å²) < 4.78 is 28.5. The molecule has 0 saturated heterocycles. The van der Waals surface area contributed by atoms with Crippen LogP contribution in [-0.4, -0.2) is 31.3 Å². The Morgan fingerprint density at radius 3 is 2.53 bits per heavy atom. The molecule has 1 N–H and O–H groups in total. The summed E-state index contributed by atoms with van der Waals surface area (Å²) in [6.07, 6.45) is 3.14. The molecule has 172 valence electrons. The molecule has 1 atom stereocenters. The highest BCUT2D eigenvalue weighted by Gasteiger charge is 2.24. The molecule has 3 aromatic rings. The first-order valence-corrected chi connectivity index (χ1v) is 10.5. The lowest BCUT2D eigenvalue weighted by Gasteiger charge is -2.19. The zero-order chi connectivity index (χ0) is 23.6. The van der Waals surface area contributed by atoms with Crippen LogP contribution in [-0.2, 0) is 7.05 Å². The van der Waals surface area contributed by atoms with Crippen LogP contribution in [0.1, 0.15) is 63.1 Å². The predicted molar refractivity (Wildman–Crippen MR) is 117 cm³/mol. The van der Waals surface area contributed by atoms with Crippen LogP contribution in [0.4, 0.5) is 10.4 Å². The number of nitrogens with zero attached hydrogens (tertiary/aromatic N) is 4. The standard InChI is InChI=1S/C22H28FN5O4/c1-12(2)9-14(5)32-18-11-17(28-22(30)27(6)19(26-28)13(3)4)16(23)10-15(18)20(29)25-21-24-7-8-31-21/h7-8,10-14H,9H2,1-6H3,(H,24,25,29)/t14-/m0/s1. The summed E-state index contributed by atoms with van der Waals surface area (Å²) in [5, 5.41) is 6.76. The fourth-order valence-electron chi connectivity index (χ4n) is 3.47. The number of hydrogen-bond acceptors (Lipinski definition) is 6. The summed E-state index contributed by atoms with van der Waals surface area (Å²) in [4.78, 5) is 29.4. The Morgan fingerprint density at radius 1 is 1.25 bits per heavy atom. The summed E-state index contributed by atoms with van der Waals surface area (Å²) in [7, 11) is 1.58. The van der Waals surface area contributed by atoms with E-state index in [0.29, 0.717) is 18.2 Å². The van der Waals surface area contributed by atoms with Gasteiger partial charge >= 0.3 is 11.7 Å². The van der Waals surface area contributed by atoms with Gasteiger partial charge in [0.25, 0.3) is 5.91 Å². The summed E-state index contributed by atoms with van der Waals surface area (Å²) in [6.45, 7) is 9.74. The molecule has 0 aliphatic carbocycles. The number of halogens is 1. The quantitative estimate of drug-likeness (QED) is 0.564. The highest BCUT2D eigenvalue weighted by atomic mass is 19.1. The summed E-state index contributed by atoms with van der Waals surface area (Å²) in [5.74, 6) is -0.494. The Kier molecular flexibility index (Phi) is 6.81. The molecular weight excluding hydrogens is 417 g/mol. The SMILES string of the molecule is CC(C)C[C@H](C)Oc1cc(-n2nc(C(C)C)n(C)c2=O)c(F)cc1C(=O)Nc1ncco1. The molecule has 1 amide bonds. The van der Waals surface area contributed by atoms with Crippen molar-refractivity contribution < 1.29 is 18.3 Å². The van der Waals surface area contributed by atoms with E-state index in [4.69, 9.17) is 9.15 Å². The molecule has 0 aliphatic heterocycles. The maximum Gasteiger partial charge on any atom is 0.350 e. The van der Waals surface area contributed by atoms with Crippen molar-refractivity contribution in [2.24, 2.45) is 13.0 Å². The Labute approximate surface area is 185 Å². The number of nitrogens with one attached hydrogen (secondary N) is 1. The molecule has 0 radical (unpaired) electrons. The van der Waals surface area contributed by atoms with Crippen molar-refractivity contribution in [3.05, 3.63) is 52.3 Å². The van der Waals surface area contributed by atoms with Gasteiger partial charge in [-0.1, -0.05) is 27.7 Å². The molecule has 0 spiro atoms. The molecule has 0 fully saturated rings. The number of rotatable bonds is 8. The molecule has 0 aliphatic rings. The third kappa shape index (κ3) is 4.90. The molecule has 2 aromatic heterocycles. The average molecular weight is 445 g/mol. The Bertz CT molecular complexity index is 1150. The van der Waals surface area contributed by atoms with Crippen LogP contribution in [0.5, 0.6) is 5.75 Å². The van der Waals surface area contributed by atoms with E-state index in [1.807, 2.05) is 34.6 Å². The first-order chi connectivity index (χ1) is 15.1. The minimum absolute atomic E-state index is 0.0248. The number of carbonyl (C=O) groups excluding carboxylic acids is 1. The first kappa shape index (κ1) is 23.2. The Hall–Kier alpha value is -3.43. The molecule has 32 heavy (non-hydrogen) atoms. The monoisotopic (exact) mass is 445 g/mol. The zero-order valence-electron chi connectivity index (χ0n) is 19.0. The van der Waals surface area contributed by atoms with Crippen LogP contribution < -0.4 is 15.7 Å². The molecule has 0 bridgehead atoms. The number of hydrogen-bond donors (Lipinski definition) is 1. The minimum Gasteiger partial charge on any atom is -0.490 e. The van der Waals surface area contributed by atoms with Gasteiger partial charge in [0.15, 0.2) is 0 Å². The van der Waals surface area contributed by atoms with Crippen molar-refractivity contribution in [1.82, 2.24) is 19.3 Å². The van der Waals surface area contributed by atoms with Crippen molar-refractivity contribution in [1.29, 1.82) is 0 Å². The molecular formula is C22H28FN5O4. The first-order valence-electron chi connectivity index (χ1n) is 10.5. The average Bonchev–Trinajstić information content (AvgIpc) is 3.31. The number of oxazole rings is 1. The van der Waals surface area contributed by atoms with Crippen LogP contribution in [0.25, 0.3) is 5.69 Å². The molecule has 10 heteroatoms. The molecule has 1 aromatic carbocycles. The van der Waals surface area contributed by atoms with Crippen molar-refractivity contribution in [2.75, 3.05) is 5.32 Å².